The minimum absolute atomic E-state index is 0.0595. The third kappa shape index (κ3) is 2.74. The highest BCUT2D eigenvalue weighted by atomic mass is 16.4. The smallest absolute Gasteiger partial charge is 0.303 e. The molecule has 1 aromatic heterocycles. The number of aliphatic carboxylic acids is 1. The maximum absolute atomic E-state index is 10.6. The molecule has 0 amide bonds. The third-order valence-corrected chi connectivity index (χ3v) is 2.62. The second-order valence-corrected chi connectivity index (χ2v) is 4.22. The van der Waals surface area contributed by atoms with E-state index in [9.17, 15) is 4.79 Å². The molecule has 0 bridgehead atoms. The predicted octanol–water partition coefficient (Wildman–Crippen LogP) is 1.90. The molecule has 1 heterocycles. The molecule has 0 radical (unpaired) electrons. The Bertz CT molecular complexity index is 558. The van der Waals surface area contributed by atoms with Crippen molar-refractivity contribution in [2.24, 2.45) is 0 Å². The van der Waals surface area contributed by atoms with Crippen molar-refractivity contribution in [3.8, 4) is 5.69 Å². The molecule has 0 aliphatic rings. The van der Waals surface area contributed by atoms with Crippen molar-refractivity contribution in [2.45, 2.75) is 26.7 Å². The Labute approximate surface area is 105 Å². The van der Waals surface area contributed by atoms with Crippen LogP contribution in [0.1, 0.15) is 23.6 Å². The van der Waals surface area contributed by atoms with Gasteiger partial charge in [0.25, 0.3) is 0 Å². The molecule has 1 N–H and O–H groups in total. The zero-order valence-electron chi connectivity index (χ0n) is 10.4. The number of carboxylic acids is 1. The number of nitrogens with zero attached hydrogens (tertiary/aromatic N) is 3. The number of aromatic nitrogens is 3. The predicted molar refractivity (Wildman–Crippen MR) is 66.8 cm³/mol. The Morgan fingerprint density at radius 1 is 1.28 bits per heavy atom. The fraction of sp³-hybridized carbons (Fsp3) is 0.308. The van der Waals surface area contributed by atoms with Gasteiger partial charge in [0.2, 0.25) is 0 Å². The average Bonchev–Trinajstić information content (AvgIpc) is 2.69. The van der Waals surface area contributed by atoms with Crippen LogP contribution in [0.5, 0.6) is 0 Å². The number of rotatable bonds is 4. The monoisotopic (exact) mass is 245 g/mol. The SMILES string of the molecule is Cc1ccc(-n2nc(C)nc2CCC(=O)O)cc1. The summed E-state index contributed by atoms with van der Waals surface area (Å²) in [5.74, 6) is 0.501. The van der Waals surface area contributed by atoms with E-state index in [1.54, 1.807) is 11.6 Å². The van der Waals surface area contributed by atoms with E-state index in [-0.39, 0.29) is 6.42 Å². The van der Waals surface area contributed by atoms with Crippen molar-refractivity contribution in [3.05, 3.63) is 41.5 Å². The Balaban J connectivity index is 2.31. The maximum Gasteiger partial charge on any atom is 0.303 e. The van der Waals surface area contributed by atoms with Gasteiger partial charge in [-0.15, -0.1) is 0 Å². The maximum atomic E-state index is 10.6. The van der Waals surface area contributed by atoms with Crippen molar-refractivity contribution < 1.29 is 9.90 Å². The number of hydrogen-bond donors (Lipinski definition) is 1. The van der Waals surface area contributed by atoms with E-state index in [0.29, 0.717) is 18.1 Å². The summed E-state index contributed by atoms with van der Waals surface area (Å²) >= 11 is 0. The first kappa shape index (κ1) is 12.3. The van der Waals surface area contributed by atoms with Gasteiger partial charge in [-0.3, -0.25) is 4.79 Å². The van der Waals surface area contributed by atoms with Gasteiger partial charge in [0.15, 0.2) is 0 Å². The van der Waals surface area contributed by atoms with Gasteiger partial charge in [0, 0.05) is 6.42 Å². The molecular weight excluding hydrogens is 230 g/mol. The van der Waals surface area contributed by atoms with Crippen molar-refractivity contribution in [1.82, 2.24) is 14.8 Å². The van der Waals surface area contributed by atoms with Gasteiger partial charge in [0.05, 0.1) is 12.1 Å². The molecule has 5 nitrogen and oxygen atoms in total. The summed E-state index contributed by atoms with van der Waals surface area (Å²) in [5.41, 5.74) is 2.07. The fourth-order valence-corrected chi connectivity index (χ4v) is 1.73. The molecule has 94 valence electrons. The number of carbonyl (C=O) groups is 1. The van der Waals surface area contributed by atoms with Crippen LogP contribution in [0.2, 0.25) is 0 Å². The number of carboxylic acid groups (broad SMARTS) is 1. The fourth-order valence-electron chi connectivity index (χ4n) is 1.73. The van der Waals surface area contributed by atoms with E-state index in [1.807, 2.05) is 31.2 Å². The first-order valence-corrected chi connectivity index (χ1v) is 5.77. The first-order chi connectivity index (χ1) is 8.56. The molecule has 0 aliphatic carbocycles. The topological polar surface area (TPSA) is 68.0 Å². The minimum Gasteiger partial charge on any atom is -0.481 e. The van der Waals surface area contributed by atoms with Gasteiger partial charge < -0.3 is 5.11 Å². The second-order valence-electron chi connectivity index (χ2n) is 4.22. The zero-order valence-corrected chi connectivity index (χ0v) is 10.4. The molecule has 2 aromatic rings. The van der Waals surface area contributed by atoms with Gasteiger partial charge in [0.1, 0.15) is 11.6 Å². The lowest BCUT2D eigenvalue weighted by Crippen LogP contribution is -2.06. The van der Waals surface area contributed by atoms with Gasteiger partial charge in [-0.1, -0.05) is 17.7 Å². The highest BCUT2D eigenvalue weighted by molar-refractivity contribution is 5.66. The van der Waals surface area contributed by atoms with Crippen molar-refractivity contribution >= 4 is 5.97 Å². The zero-order chi connectivity index (χ0) is 13.1. The Kier molecular flexibility index (Phi) is 3.41. The first-order valence-electron chi connectivity index (χ1n) is 5.77. The molecule has 0 saturated carbocycles. The van der Waals surface area contributed by atoms with E-state index >= 15 is 0 Å². The number of hydrogen-bond acceptors (Lipinski definition) is 3. The lowest BCUT2D eigenvalue weighted by molar-refractivity contribution is -0.137. The van der Waals surface area contributed by atoms with Crippen LogP contribution in [0.25, 0.3) is 5.69 Å². The van der Waals surface area contributed by atoms with E-state index in [0.717, 1.165) is 5.69 Å². The van der Waals surface area contributed by atoms with Gasteiger partial charge in [-0.25, -0.2) is 9.67 Å². The van der Waals surface area contributed by atoms with Gasteiger partial charge in [-0.05, 0) is 26.0 Å². The number of benzene rings is 1. The summed E-state index contributed by atoms with van der Waals surface area (Å²) in [4.78, 5) is 14.9. The van der Waals surface area contributed by atoms with E-state index < -0.39 is 5.97 Å². The van der Waals surface area contributed by atoms with Gasteiger partial charge >= 0.3 is 5.97 Å². The molecule has 0 unspecified atom stereocenters. The summed E-state index contributed by atoms with van der Waals surface area (Å²) in [6.07, 6.45) is 0.439. The molecular formula is C13H15N3O2. The molecule has 0 spiro atoms. The van der Waals surface area contributed by atoms with Crippen molar-refractivity contribution in [2.75, 3.05) is 0 Å². The van der Waals surface area contributed by atoms with Crippen LogP contribution in [-0.4, -0.2) is 25.8 Å². The molecule has 0 fully saturated rings. The lowest BCUT2D eigenvalue weighted by atomic mass is 10.2. The molecule has 0 aliphatic heterocycles. The molecule has 2 rings (SSSR count). The van der Waals surface area contributed by atoms with Crippen LogP contribution in [0, 0.1) is 13.8 Å². The summed E-state index contributed by atoms with van der Waals surface area (Å²) in [6.45, 7) is 3.82. The highest BCUT2D eigenvalue weighted by Crippen LogP contribution is 2.12. The van der Waals surface area contributed by atoms with E-state index in [4.69, 9.17) is 5.11 Å². The Hall–Kier alpha value is -2.17. The van der Waals surface area contributed by atoms with Crippen molar-refractivity contribution in [1.29, 1.82) is 0 Å². The normalized spacial score (nSPS) is 10.6. The molecule has 1 aromatic carbocycles. The summed E-state index contributed by atoms with van der Waals surface area (Å²) in [7, 11) is 0. The summed E-state index contributed by atoms with van der Waals surface area (Å²) < 4.78 is 1.71. The largest absolute Gasteiger partial charge is 0.481 e. The van der Waals surface area contributed by atoms with Crippen molar-refractivity contribution in [3.63, 3.8) is 0 Å². The van der Waals surface area contributed by atoms with E-state index in [1.165, 1.54) is 5.56 Å². The molecule has 0 atom stereocenters. The van der Waals surface area contributed by atoms with Crippen LogP contribution >= 0.6 is 0 Å². The van der Waals surface area contributed by atoms with Crippen LogP contribution in [0.3, 0.4) is 0 Å². The Morgan fingerprint density at radius 3 is 2.56 bits per heavy atom. The highest BCUT2D eigenvalue weighted by Gasteiger charge is 2.10. The molecule has 0 saturated heterocycles. The quantitative estimate of drug-likeness (QED) is 0.893. The van der Waals surface area contributed by atoms with Crippen LogP contribution < -0.4 is 0 Å². The lowest BCUT2D eigenvalue weighted by Gasteiger charge is -2.05. The molecule has 18 heavy (non-hydrogen) atoms. The third-order valence-electron chi connectivity index (χ3n) is 2.62. The van der Waals surface area contributed by atoms with Crippen LogP contribution in [0.4, 0.5) is 0 Å². The van der Waals surface area contributed by atoms with E-state index in [2.05, 4.69) is 10.1 Å². The average molecular weight is 245 g/mol. The second kappa shape index (κ2) is 5.00. The van der Waals surface area contributed by atoms with Crippen LogP contribution in [0.15, 0.2) is 24.3 Å². The molecule has 5 heteroatoms. The van der Waals surface area contributed by atoms with Gasteiger partial charge in [-0.2, -0.15) is 5.10 Å². The summed E-state index contributed by atoms with van der Waals surface area (Å²) in [6, 6.07) is 7.89. The summed E-state index contributed by atoms with van der Waals surface area (Å²) in [5, 5.41) is 13.0. The Morgan fingerprint density at radius 2 is 1.94 bits per heavy atom. The minimum atomic E-state index is -0.828. The van der Waals surface area contributed by atoms with Crippen LogP contribution in [-0.2, 0) is 11.2 Å². The number of aryl methyl sites for hydroxylation is 3. The standard InChI is InChI=1S/C13H15N3O2/c1-9-3-5-11(6-4-9)16-12(7-8-13(17)18)14-10(2)15-16/h3-6H,7-8H2,1-2H3,(H,17,18).